The summed E-state index contributed by atoms with van der Waals surface area (Å²) in [6, 6.07) is 0. The molecule has 2 saturated heterocycles. The van der Waals surface area contributed by atoms with Crippen LogP contribution in [0.1, 0.15) is 24.6 Å². The van der Waals surface area contributed by atoms with Gasteiger partial charge < -0.3 is 19.9 Å². The minimum atomic E-state index is -0.386. The highest BCUT2D eigenvalue weighted by atomic mass is 32.1. The van der Waals surface area contributed by atoms with E-state index in [9.17, 15) is 5.11 Å². The molecule has 3 heterocycles. The van der Waals surface area contributed by atoms with Crippen molar-refractivity contribution in [1.82, 2.24) is 14.3 Å². The third kappa shape index (κ3) is 3.41. The Balaban J connectivity index is 1.60. The summed E-state index contributed by atoms with van der Waals surface area (Å²) in [4.78, 5) is 6.77. The van der Waals surface area contributed by atoms with Gasteiger partial charge >= 0.3 is 0 Å². The number of aromatic nitrogens is 2. The summed E-state index contributed by atoms with van der Waals surface area (Å²) in [5.74, 6) is 1.33. The Morgan fingerprint density at radius 1 is 1.36 bits per heavy atom. The molecule has 1 atom stereocenters. The summed E-state index contributed by atoms with van der Waals surface area (Å²) < 4.78 is 15.4. The first kappa shape index (κ1) is 16.1. The summed E-state index contributed by atoms with van der Waals surface area (Å²) in [7, 11) is 2.02. The maximum absolute atomic E-state index is 9.79. The van der Waals surface area contributed by atoms with Crippen LogP contribution in [0.2, 0.25) is 0 Å². The van der Waals surface area contributed by atoms with E-state index in [1.165, 1.54) is 11.5 Å². The number of likely N-dealkylation sites (N-methyl/N-ethyl adjacent to an activating group) is 1. The van der Waals surface area contributed by atoms with Crippen molar-refractivity contribution in [3.8, 4) is 0 Å². The lowest BCUT2D eigenvalue weighted by Gasteiger charge is -2.43. The number of hydrogen-bond acceptors (Lipinski definition) is 8. The van der Waals surface area contributed by atoms with E-state index < -0.39 is 0 Å². The molecule has 22 heavy (non-hydrogen) atoms. The van der Waals surface area contributed by atoms with Crippen LogP contribution in [0.5, 0.6) is 0 Å². The molecule has 0 saturated carbocycles. The van der Waals surface area contributed by atoms with Gasteiger partial charge in [0, 0.05) is 43.8 Å². The number of aliphatic hydroxyl groups is 1. The van der Waals surface area contributed by atoms with Crippen LogP contribution >= 0.6 is 11.5 Å². The number of rotatable bonds is 5. The first-order valence-electron chi connectivity index (χ1n) is 7.78. The largest absolute Gasteiger partial charge is 0.394 e. The van der Waals surface area contributed by atoms with Gasteiger partial charge in [-0.3, -0.25) is 4.90 Å². The van der Waals surface area contributed by atoms with E-state index in [1.54, 1.807) is 0 Å². The van der Waals surface area contributed by atoms with E-state index in [1.807, 2.05) is 7.05 Å². The van der Waals surface area contributed by atoms with Crippen molar-refractivity contribution >= 4 is 16.7 Å². The van der Waals surface area contributed by atoms with Gasteiger partial charge in [0.05, 0.1) is 25.4 Å². The second-order valence-electron chi connectivity index (χ2n) is 6.05. The van der Waals surface area contributed by atoms with Gasteiger partial charge in [0.15, 0.2) is 0 Å². The third-order valence-corrected chi connectivity index (χ3v) is 5.33. The molecule has 2 fully saturated rings. The molecule has 0 spiro atoms. The van der Waals surface area contributed by atoms with Gasteiger partial charge in [0.1, 0.15) is 5.82 Å². The summed E-state index contributed by atoms with van der Waals surface area (Å²) in [5.41, 5.74) is -0.386. The number of hydrogen-bond donors (Lipinski definition) is 2. The fraction of sp³-hybridized carbons (Fsp3) is 0.857. The molecule has 2 aliphatic rings. The quantitative estimate of drug-likeness (QED) is 0.816. The average molecular weight is 328 g/mol. The van der Waals surface area contributed by atoms with E-state index in [4.69, 9.17) is 9.47 Å². The molecule has 0 radical (unpaired) electrons. The summed E-state index contributed by atoms with van der Waals surface area (Å²) in [6.07, 6.45) is 1.99. The smallest absolute Gasteiger partial charge is 0.202 e. The number of nitrogens with one attached hydrogen (secondary N) is 1. The van der Waals surface area contributed by atoms with Crippen molar-refractivity contribution in [3.63, 3.8) is 0 Å². The van der Waals surface area contributed by atoms with Gasteiger partial charge in [-0.25, -0.2) is 4.98 Å². The second-order valence-corrected chi connectivity index (χ2v) is 6.81. The van der Waals surface area contributed by atoms with Gasteiger partial charge in [-0.05, 0) is 19.9 Å². The van der Waals surface area contributed by atoms with Gasteiger partial charge in [-0.1, -0.05) is 0 Å². The van der Waals surface area contributed by atoms with Crippen molar-refractivity contribution in [3.05, 3.63) is 5.82 Å². The summed E-state index contributed by atoms with van der Waals surface area (Å²) in [5, 5.41) is 13.9. The molecule has 1 aromatic heterocycles. The summed E-state index contributed by atoms with van der Waals surface area (Å²) in [6.45, 7) is 4.31. The lowest BCUT2D eigenvalue weighted by molar-refractivity contribution is -0.0726. The van der Waals surface area contributed by atoms with Crippen molar-refractivity contribution < 1.29 is 14.6 Å². The highest BCUT2D eigenvalue weighted by Gasteiger charge is 2.37. The molecule has 2 aliphatic heterocycles. The lowest BCUT2D eigenvalue weighted by atomic mass is 9.98. The van der Waals surface area contributed by atoms with Crippen LogP contribution in [0.4, 0.5) is 5.13 Å². The molecular weight excluding hydrogens is 304 g/mol. The monoisotopic (exact) mass is 328 g/mol. The number of aliphatic hydroxyl groups excluding tert-OH is 1. The number of ether oxygens (including phenoxy) is 2. The maximum Gasteiger partial charge on any atom is 0.202 e. The van der Waals surface area contributed by atoms with Crippen molar-refractivity contribution in [2.45, 2.75) is 24.3 Å². The lowest BCUT2D eigenvalue weighted by Crippen LogP contribution is -2.61. The van der Waals surface area contributed by atoms with Crippen LogP contribution < -0.4 is 5.32 Å². The van der Waals surface area contributed by atoms with Gasteiger partial charge in [0.25, 0.3) is 0 Å². The van der Waals surface area contributed by atoms with E-state index in [2.05, 4.69) is 19.6 Å². The zero-order valence-corrected chi connectivity index (χ0v) is 13.8. The maximum atomic E-state index is 9.79. The summed E-state index contributed by atoms with van der Waals surface area (Å²) >= 11 is 1.39. The van der Waals surface area contributed by atoms with Crippen LogP contribution in [0.3, 0.4) is 0 Å². The molecule has 8 heteroatoms. The van der Waals surface area contributed by atoms with Crippen LogP contribution in [-0.2, 0) is 9.47 Å². The molecule has 1 unspecified atom stereocenters. The zero-order chi connectivity index (χ0) is 15.4. The van der Waals surface area contributed by atoms with Crippen LogP contribution in [0.15, 0.2) is 0 Å². The minimum absolute atomic E-state index is 0.0577. The van der Waals surface area contributed by atoms with E-state index in [0.717, 1.165) is 43.6 Å². The Bertz CT molecular complexity index is 480. The predicted octanol–water partition coefficient (Wildman–Crippen LogP) is 0.537. The van der Waals surface area contributed by atoms with Crippen LogP contribution in [0.25, 0.3) is 0 Å². The van der Waals surface area contributed by atoms with E-state index in [0.29, 0.717) is 25.7 Å². The van der Waals surface area contributed by atoms with Gasteiger partial charge in [-0.15, -0.1) is 0 Å². The SMILES string of the molecule is CN1CCOCC1(CO)CNc1nc(C2CCOCC2)ns1. The Hall–Kier alpha value is -0.800. The zero-order valence-electron chi connectivity index (χ0n) is 13.0. The minimum Gasteiger partial charge on any atom is -0.394 e. The molecule has 1 aromatic rings. The number of anilines is 1. The van der Waals surface area contributed by atoms with Crippen molar-refractivity contribution in [2.75, 3.05) is 58.5 Å². The molecular formula is C14H24N4O3S. The van der Waals surface area contributed by atoms with E-state index >= 15 is 0 Å². The number of morpholine rings is 1. The molecule has 3 rings (SSSR count). The highest BCUT2D eigenvalue weighted by molar-refractivity contribution is 7.09. The Kier molecular flexibility index (Phi) is 5.25. The first-order chi connectivity index (χ1) is 10.7. The predicted molar refractivity (Wildman–Crippen MR) is 84.5 cm³/mol. The average Bonchev–Trinajstić information content (AvgIpc) is 3.04. The van der Waals surface area contributed by atoms with Crippen LogP contribution in [0, 0.1) is 0 Å². The first-order valence-corrected chi connectivity index (χ1v) is 8.56. The molecule has 2 N–H and O–H groups in total. The Labute approximate surface area is 134 Å². The Morgan fingerprint density at radius 2 is 2.18 bits per heavy atom. The fourth-order valence-corrected chi connectivity index (χ4v) is 3.53. The highest BCUT2D eigenvalue weighted by Crippen LogP contribution is 2.27. The van der Waals surface area contributed by atoms with Crippen molar-refractivity contribution in [1.29, 1.82) is 0 Å². The molecule has 124 valence electrons. The third-order valence-electron chi connectivity index (χ3n) is 4.64. The van der Waals surface area contributed by atoms with Crippen molar-refractivity contribution in [2.24, 2.45) is 0 Å². The van der Waals surface area contributed by atoms with Gasteiger partial charge in [-0.2, -0.15) is 4.37 Å². The van der Waals surface area contributed by atoms with Crippen LogP contribution in [-0.4, -0.2) is 78.1 Å². The molecule has 0 bridgehead atoms. The molecule has 0 amide bonds. The molecule has 0 aromatic carbocycles. The standard InChI is InChI=1S/C14H24N4O3S/c1-18-4-7-21-10-14(18,9-19)8-15-13-16-12(17-22-13)11-2-5-20-6-3-11/h11,19H,2-10H2,1H3,(H,15,16,17). The van der Waals surface area contributed by atoms with Gasteiger partial charge in [0.2, 0.25) is 5.13 Å². The van der Waals surface area contributed by atoms with E-state index in [-0.39, 0.29) is 12.1 Å². The second kappa shape index (κ2) is 7.18. The fourth-order valence-electron chi connectivity index (χ4n) is 2.89. The topological polar surface area (TPSA) is 79.7 Å². The normalized spacial score (nSPS) is 27.9. The number of nitrogens with zero attached hydrogens (tertiary/aromatic N) is 3. The molecule has 7 nitrogen and oxygen atoms in total. The Morgan fingerprint density at radius 3 is 2.91 bits per heavy atom. The molecule has 0 aliphatic carbocycles.